The molecule has 0 fully saturated rings. The maximum absolute atomic E-state index is 11.8. The summed E-state index contributed by atoms with van der Waals surface area (Å²) in [5, 5.41) is 9.64. The van der Waals surface area contributed by atoms with Crippen molar-refractivity contribution in [2.24, 2.45) is 0 Å². The highest BCUT2D eigenvalue weighted by atomic mass is 16.5. The SMILES string of the molecule is CCOc1ccc(OCc2ccc3[nH]c(C(C)N(C(=O)O)C(C)(C)C)nc3c2)cc1. The highest BCUT2D eigenvalue weighted by Gasteiger charge is 2.33. The monoisotopic (exact) mass is 411 g/mol. The van der Waals surface area contributed by atoms with E-state index >= 15 is 0 Å². The summed E-state index contributed by atoms with van der Waals surface area (Å²) in [6.45, 7) is 10.4. The number of amides is 1. The van der Waals surface area contributed by atoms with E-state index < -0.39 is 17.7 Å². The number of carboxylic acid groups (broad SMARTS) is 1. The number of rotatable bonds is 7. The molecular weight excluding hydrogens is 382 g/mol. The van der Waals surface area contributed by atoms with E-state index in [1.807, 2.05) is 77.1 Å². The van der Waals surface area contributed by atoms with Gasteiger partial charge in [0, 0.05) is 5.54 Å². The Morgan fingerprint density at radius 2 is 1.77 bits per heavy atom. The van der Waals surface area contributed by atoms with Crippen molar-refractivity contribution >= 4 is 17.1 Å². The van der Waals surface area contributed by atoms with Crippen LogP contribution < -0.4 is 9.47 Å². The number of carbonyl (C=O) groups is 1. The van der Waals surface area contributed by atoms with Gasteiger partial charge in [0.1, 0.15) is 23.9 Å². The van der Waals surface area contributed by atoms with Crippen LogP contribution in [-0.2, 0) is 6.61 Å². The zero-order chi connectivity index (χ0) is 21.9. The molecule has 1 amide bonds. The lowest BCUT2D eigenvalue weighted by atomic mass is 10.0. The van der Waals surface area contributed by atoms with Crippen LogP contribution in [0, 0.1) is 0 Å². The van der Waals surface area contributed by atoms with E-state index in [2.05, 4.69) is 9.97 Å². The topological polar surface area (TPSA) is 87.7 Å². The quantitative estimate of drug-likeness (QED) is 0.545. The van der Waals surface area contributed by atoms with Gasteiger partial charge in [-0.25, -0.2) is 9.78 Å². The highest BCUT2D eigenvalue weighted by Crippen LogP contribution is 2.28. The maximum atomic E-state index is 11.8. The average molecular weight is 412 g/mol. The van der Waals surface area contributed by atoms with Gasteiger partial charge in [-0.3, -0.25) is 4.90 Å². The zero-order valence-corrected chi connectivity index (χ0v) is 18.1. The molecule has 0 saturated heterocycles. The van der Waals surface area contributed by atoms with Crippen LogP contribution in [0.2, 0.25) is 0 Å². The Bertz CT molecular complexity index is 1010. The minimum atomic E-state index is -0.972. The first-order valence-electron chi connectivity index (χ1n) is 10.1. The third-order valence-electron chi connectivity index (χ3n) is 4.82. The molecule has 1 atom stereocenters. The Morgan fingerprint density at radius 1 is 1.13 bits per heavy atom. The van der Waals surface area contributed by atoms with Gasteiger partial charge in [-0.05, 0) is 76.6 Å². The number of nitrogens with zero attached hydrogens (tertiary/aromatic N) is 2. The van der Waals surface area contributed by atoms with Gasteiger partial charge in [0.15, 0.2) is 0 Å². The van der Waals surface area contributed by atoms with Gasteiger partial charge in [0.25, 0.3) is 0 Å². The molecule has 0 aliphatic carbocycles. The molecule has 160 valence electrons. The normalized spacial score (nSPS) is 12.6. The second-order valence-corrected chi connectivity index (χ2v) is 8.17. The van der Waals surface area contributed by atoms with E-state index in [1.165, 1.54) is 4.90 Å². The van der Waals surface area contributed by atoms with Gasteiger partial charge < -0.3 is 19.6 Å². The van der Waals surface area contributed by atoms with E-state index in [9.17, 15) is 9.90 Å². The molecule has 0 bridgehead atoms. The largest absolute Gasteiger partial charge is 0.494 e. The fraction of sp³-hybridized carbons (Fsp3) is 0.391. The smallest absolute Gasteiger partial charge is 0.408 e. The second-order valence-electron chi connectivity index (χ2n) is 8.17. The molecule has 3 rings (SSSR count). The molecule has 0 spiro atoms. The van der Waals surface area contributed by atoms with Gasteiger partial charge in [-0.1, -0.05) is 6.07 Å². The van der Waals surface area contributed by atoms with Crippen molar-refractivity contribution in [2.75, 3.05) is 6.61 Å². The molecular formula is C23H29N3O4. The number of aromatic nitrogens is 2. The highest BCUT2D eigenvalue weighted by molar-refractivity contribution is 5.76. The van der Waals surface area contributed by atoms with Crippen LogP contribution in [0.4, 0.5) is 4.79 Å². The molecule has 1 aromatic heterocycles. The molecule has 0 radical (unpaired) electrons. The predicted molar refractivity (Wildman–Crippen MR) is 116 cm³/mol. The van der Waals surface area contributed by atoms with Crippen LogP contribution in [-0.4, -0.2) is 38.2 Å². The molecule has 7 nitrogen and oxygen atoms in total. The fourth-order valence-corrected chi connectivity index (χ4v) is 3.48. The summed E-state index contributed by atoms with van der Waals surface area (Å²) >= 11 is 0. The fourth-order valence-electron chi connectivity index (χ4n) is 3.48. The Kier molecular flexibility index (Phi) is 6.20. The van der Waals surface area contributed by atoms with Crippen LogP contribution in [0.15, 0.2) is 42.5 Å². The molecule has 2 N–H and O–H groups in total. The Hall–Kier alpha value is -3.22. The lowest BCUT2D eigenvalue weighted by molar-refractivity contribution is 0.0730. The third kappa shape index (κ3) is 4.84. The minimum Gasteiger partial charge on any atom is -0.494 e. The summed E-state index contributed by atoms with van der Waals surface area (Å²) in [5.74, 6) is 2.19. The second kappa shape index (κ2) is 8.65. The molecule has 2 aromatic carbocycles. The predicted octanol–water partition coefficient (Wildman–Crippen LogP) is 5.38. The Labute approximate surface area is 176 Å². The van der Waals surface area contributed by atoms with Gasteiger partial charge in [0.05, 0.1) is 23.7 Å². The van der Waals surface area contributed by atoms with Crippen molar-refractivity contribution in [1.29, 1.82) is 0 Å². The number of fused-ring (bicyclic) bond motifs is 1. The van der Waals surface area contributed by atoms with Crippen molar-refractivity contribution in [3.63, 3.8) is 0 Å². The number of imidazole rings is 1. The molecule has 1 unspecified atom stereocenters. The first kappa shape index (κ1) is 21.5. The number of H-pyrrole nitrogens is 1. The average Bonchev–Trinajstić information content (AvgIpc) is 3.10. The van der Waals surface area contributed by atoms with Gasteiger partial charge in [-0.15, -0.1) is 0 Å². The summed E-state index contributed by atoms with van der Waals surface area (Å²) < 4.78 is 11.3. The van der Waals surface area contributed by atoms with E-state index in [4.69, 9.17) is 9.47 Å². The molecule has 0 saturated carbocycles. The van der Waals surface area contributed by atoms with Crippen molar-refractivity contribution in [3.8, 4) is 11.5 Å². The number of aromatic amines is 1. The van der Waals surface area contributed by atoms with Gasteiger partial charge >= 0.3 is 6.09 Å². The summed E-state index contributed by atoms with van der Waals surface area (Å²) in [5.41, 5.74) is 2.08. The molecule has 7 heteroatoms. The van der Waals surface area contributed by atoms with Gasteiger partial charge in [-0.2, -0.15) is 0 Å². The zero-order valence-electron chi connectivity index (χ0n) is 18.1. The Balaban J connectivity index is 1.74. The summed E-state index contributed by atoms with van der Waals surface area (Å²) in [6.07, 6.45) is -0.972. The van der Waals surface area contributed by atoms with E-state index in [0.717, 1.165) is 28.1 Å². The van der Waals surface area contributed by atoms with Crippen LogP contribution >= 0.6 is 0 Å². The van der Waals surface area contributed by atoms with Crippen LogP contribution in [0.3, 0.4) is 0 Å². The van der Waals surface area contributed by atoms with E-state index in [0.29, 0.717) is 19.0 Å². The van der Waals surface area contributed by atoms with Crippen LogP contribution in [0.25, 0.3) is 11.0 Å². The standard InChI is InChI=1S/C23H29N3O4/c1-6-29-17-8-10-18(11-9-17)30-14-16-7-12-19-20(13-16)25-21(24-19)15(2)26(22(27)28)23(3,4)5/h7-13,15H,6,14H2,1-5H3,(H,24,25)(H,27,28). The lowest BCUT2D eigenvalue weighted by Crippen LogP contribution is -2.46. The van der Waals surface area contributed by atoms with Crippen molar-refractivity contribution in [1.82, 2.24) is 14.9 Å². The number of ether oxygens (including phenoxy) is 2. The molecule has 1 heterocycles. The summed E-state index contributed by atoms with van der Waals surface area (Å²) in [4.78, 5) is 21.1. The molecule has 30 heavy (non-hydrogen) atoms. The van der Waals surface area contributed by atoms with Crippen molar-refractivity contribution < 1.29 is 19.4 Å². The third-order valence-corrected chi connectivity index (χ3v) is 4.82. The molecule has 3 aromatic rings. The summed E-state index contributed by atoms with van der Waals surface area (Å²) in [6, 6.07) is 13.0. The first-order valence-corrected chi connectivity index (χ1v) is 10.1. The number of hydrogen-bond acceptors (Lipinski definition) is 4. The summed E-state index contributed by atoms with van der Waals surface area (Å²) in [7, 11) is 0. The number of benzene rings is 2. The van der Waals surface area contributed by atoms with Gasteiger partial charge in [0.2, 0.25) is 0 Å². The Morgan fingerprint density at radius 3 is 2.33 bits per heavy atom. The van der Waals surface area contributed by atoms with E-state index in [-0.39, 0.29) is 0 Å². The minimum absolute atomic E-state index is 0.404. The molecule has 0 aliphatic heterocycles. The number of nitrogens with one attached hydrogen (secondary N) is 1. The lowest BCUT2D eigenvalue weighted by Gasteiger charge is -2.37. The van der Waals surface area contributed by atoms with Crippen molar-refractivity contribution in [2.45, 2.75) is 52.8 Å². The van der Waals surface area contributed by atoms with E-state index in [1.54, 1.807) is 0 Å². The molecule has 0 aliphatic rings. The van der Waals surface area contributed by atoms with Crippen LogP contribution in [0.5, 0.6) is 11.5 Å². The number of hydrogen-bond donors (Lipinski definition) is 2. The first-order chi connectivity index (χ1) is 14.2. The maximum Gasteiger partial charge on any atom is 0.408 e. The van der Waals surface area contributed by atoms with Crippen LogP contribution in [0.1, 0.15) is 52.0 Å². The van der Waals surface area contributed by atoms with Crippen molar-refractivity contribution in [3.05, 3.63) is 53.9 Å².